The third kappa shape index (κ3) is 7.20. The highest BCUT2D eigenvalue weighted by Gasteiger charge is 2.14. The number of hydrogen-bond acceptors (Lipinski definition) is 3. The molecule has 1 atom stereocenters. The van der Waals surface area contributed by atoms with E-state index < -0.39 is 12.0 Å². The van der Waals surface area contributed by atoms with Crippen LogP contribution in [-0.4, -0.2) is 30.3 Å². The van der Waals surface area contributed by atoms with Crippen LogP contribution < -0.4 is 10.1 Å². The molecule has 0 aromatic heterocycles. The molecule has 0 aliphatic heterocycles. The van der Waals surface area contributed by atoms with Crippen molar-refractivity contribution in [3.05, 3.63) is 28.2 Å². The lowest BCUT2D eigenvalue weighted by atomic mass is 10.2. The van der Waals surface area contributed by atoms with Crippen molar-refractivity contribution in [1.82, 2.24) is 5.32 Å². The van der Waals surface area contributed by atoms with E-state index >= 15 is 0 Å². The molecule has 1 unspecified atom stereocenters. The Labute approximate surface area is 134 Å². The molecule has 0 aliphatic carbocycles. The summed E-state index contributed by atoms with van der Waals surface area (Å²) < 4.78 is 5.45. The Kier molecular flexibility index (Phi) is 9.76. The number of carboxylic acid groups (broad SMARTS) is 1. The second-order valence-corrected chi connectivity index (χ2v) is 4.96. The van der Waals surface area contributed by atoms with Gasteiger partial charge in [-0.2, -0.15) is 0 Å². The summed E-state index contributed by atoms with van der Waals surface area (Å²) in [7, 11) is 0. The Morgan fingerprint density at radius 1 is 1.35 bits per heavy atom. The summed E-state index contributed by atoms with van der Waals surface area (Å²) in [4.78, 5) is 10.9. The third-order valence-electron chi connectivity index (χ3n) is 2.47. The van der Waals surface area contributed by atoms with Gasteiger partial charge < -0.3 is 15.2 Å². The van der Waals surface area contributed by atoms with Crippen molar-refractivity contribution in [2.24, 2.45) is 0 Å². The minimum Gasteiger partial charge on any atom is -0.492 e. The van der Waals surface area contributed by atoms with Gasteiger partial charge in [-0.15, -0.1) is 12.4 Å². The summed E-state index contributed by atoms with van der Waals surface area (Å²) in [5, 5.41) is 12.9. The average Bonchev–Trinajstić information content (AvgIpc) is 2.31. The van der Waals surface area contributed by atoms with Crippen molar-refractivity contribution in [2.75, 3.05) is 13.2 Å². The van der Waals surface area contributed by atoms with Crippen molar-refractivity contribution < 1.29 is 14.6 Å². The molecule has 0 amide bonds. The van der Waals surface area contributed by atoms with Crippen LogP contribution >= 0.6 is 35.6 Å². The fourth-order valence-corrected chi connectivity index (χ4v) is 2.12. The van der Waals surface area contributed by atoms with Crippen molar-refractivity contribution in [1.29, 1.82) is 0 Å². The van der Waals surface area contributed by atoms with Gasteiger partial charge in [0.25, 0.3) is 0 Å². The third-order valence-corrected chi connectivity index (χ3v) is 2.91. The van der Waals surface area contributed by atoms with Crippen LogP contribution in [0.3, 0.4) is 0 Å². The number of hydrogen-bond donors (Lipinski definition) is 2. The molecule has 7 heteroatoms. The summed E-state index contributed by atoms with van der Waals surface area (Å²) in [6, 6.07) is 4.41. The van der Waals surface area contributed by atoms with E-state index in [1.807, 2.05) is 6.92 Å². The molecule has 0 saturated carbocycles. The Balaban J connectivity index is 0.00000361. The summed E-state index contributed by atoms with van der Waals surface area (Å²) in [6.07, 6.45) is 1.41. The van der Waals surface area contributed by atoms with Crippen molar-refractivity contribution in [3.63, 3.8) is 0 Å². The smallest absolute Gasteiger partial charge is 0.320 e. The SMILES string of the molecule is CCCC(NCCOc1cc(Cl)cc(Cl)c1)C(=O)O.Cl. The Hall–Kier alpha value is -0.680. The lowest BCUT2D eigenvalue weighted by Gasteiger charge is -2.14. The van der Waals surface area contributed by atoms with Gasteiger partial charge in [0.2, 0.25) is 0 Å². The van der Waals surface area contributed by atoms with E-state index in [1.54, 1.807) is 18.2 Å². The predicted molar refractivity (Wildman–Crippen MR) is 83.5 cm³/mol. The standard InChI is InChI=1S/C13H17Cl2NO3.ClH/c1-2-3-12(13(17)18)16-4-5-19-11-7-9(14)6-10(15)8-11;/h6-8,12,16H,2-5H2,1H3,(H,17,18);1H. The lowest BCUT2D eigenvalue weighted by molar-refractivity contribution is -0.139. The molecule has 0 heterocycles. The first kappa shape index (κ1) is 19.3. The first-order chi connectivity index (χ1) is 9.02. The first-order valence-corrected chi connectivity index (χ1v) is 6.83. The van der Waals surface area contributed by atoms with E-state index in [0.29, 0.717) is 35.4 Å². The fourth-order valence-electron chi connectivity index (χ4n) is 1.62. The van der Waals surface area contributed by atoms with Gasteiger partial charge in [-0.25, -0.2) is 0 Å². The van der Waals surface area contributed by atoms with Crippen LogP contribution in [0.2, 0.25) is 10.0 Å². The monoisotopic (exact) mass is 341 g/mol. The van der Waals surface area contributed by atoms with Gasteiger partial charge in [-0.1, -0.05) is 36.5 Å². The maximum absolute atomic E-state index is 10.9. The highest BCUT2D eigenvalue weighted by molar-refractivity contribution is 6.34. The van der Waals surface area contributed by atoms with Gasteiger partial charge in [0.05, 0.1) is 0 Å². The summed E-state index contributed by atoms with van der Waals surface area (Å²) >= 11 is 11.7. The molecule has 1 aromatic carbocycles. The molecule has 114 valence electrons. The van der Waals surface area contributed by atoms with E-state index in [-0.39, 0.29) is 12.4 Å². The highest BCUT2D eigenvalue weighted by Crippen LogP contribution is 2.23. The molecule has 0 aliphatic rings. The summed E-state index contributed by atoms with van der Waals surface area (Å²) in [5.74, 6) is -0.269. The number of halogens is 3. The molecule has 1 aromatic rings. The van der Waals surface area contributed by atoms with Gasteiger partial charge in [0, 0.05) is 16.6 Å². The predicted octanol–water partition coefficient (Wildman–Crippen LogP) is 3.64. The number of carboxylic acids is 1. The molecule has 20 heavy (non-hydrogen) atoms. The Bertz CT molecular complexity index is 409. The molecule has 0 fully saturated rings. The number of rotatable bonds is 8. The number of carbonyl (C=O) groups is 1. The van der Waals surface area contributed by atoms with Gasteiger partial charge >= 0.3 is 5.97 Å². The molecule has 0 bridgehead atoms. The summed E-state index contributed by atoms with van der Waals surface area (Å²) in [5.41, 5.74) is 0. The van der Waals surface area contributed by atoms with Gasteiger partial charge in [0.1, 0.15) is 18.4 Å². The Morgan fingerprint density at radius 3 is 2.45 bits per heavy atom. The van der Waals surface area contributed by atoms with E-state index in [2.05, 4.69) is 5.32 Å². The number of nitrogens with one attached hydrogen (secondary N) is 1. The van der Waals surface area contributed by atoms with Crippen LogP contribution in [0.25, 0.3) is 0 Å². The normalized spacial score (nSPS) is 11.6. The zero-order chi connectivity index (χ0) is 14.3. The molecule has 0 saturated heterocycles. The van der Waals surface area contributed by atoms with Gasteiger partial charge in [-0.3, -0.25) is 4.79 Å². The average molecular weight is 343 g/mol. The molecule has 0 spiro atoms. The van der Waals surface area contributed by atoms with Crippen LogP contribution in [0.15, 0.2) is 18.2 Å². The minimum absolute atomic E-state index is 0. The van der Waals surface area contributed by atoms with Crippen molar-refractivity contribution in [3.8, 4) is 5.75 Å². The zero-order valence-corrected chi connectivity index (χ0v) is 13.4. The Morgan fingerprint density at radius 2 is 1.95 bits per heavy atom. The molecule has 1 rings (SSSR count). The van der Waals surface area contributed by atoms with Gasteiger partial charge in [-0.05, 0) is 24.6 Å². The quantitative estimate of drug-likeness (QED) is 0.708. The topological polar surface area (TPSA) is 58.6 Å². The maximum atomic E-state index is 10.9. The molecule has 0 radical (unpaired) electrons. The number of benzene rings is 1. The lowest BCUT2D eigenvalue weighted by Crippen LogP contribution is -2.38. The van der Waals surface area contributed by atoms with Crippen LogP contribution in [0.4, 0.5) is 0 Å². The number of ether oxygens (including phenoxy) is 1. The van der Waals surface area contributed by atoms with E-state index in [4.69, 9.17) is 33.0 Å². The van der Waals surface area contributed by atoms with Gasteiger partial charge in [0.15, 0.2) is 0 Å². The zero-order valence-electron chi connectivity index (χ0n) is 11.1. The molecule has 4 nitrogen and oxygen atoms in total. The van der Waals surface area contributed by atoms with Crippen LogP contribution in [-0.2, 0) is 4.79 Å². The molecule has 2 N–H and O–H groups in total. The highest BCUT2D eigenvalue weighted by atomic mass is 35.5. The van der Waals surface area contributed by atoms with Crippen LogP contribution in [0.5, 0.6) is 5.75 Å². The maximum Gasteiger partial charge on any atom is 0.320 e. The second kappa shape index (κ2) is 10.1. The van der Waals surface area contributed by atoms with E-state index in [9.17, 15) is 4.79 Å². The van der Waals surface area contributed by atoms with Crippen molar-refractivity contribution in [2.45, 2.75) is 25.8 Å². The molecular formula is C13H18Cl3NO3. The van der Waals surface area contributed by atoms with Crippen molar-refractivity contribution >= 4 is 41.6 Å². The fraction of sp³-hybridized carbons (Fsp3) is 0.462. The second-order valence-electron chi connectivity index (χ2n) is 4.09. The first-order valence-electron chi connectivity index (χ1n) is 6.08. The van der Waals surface area contributed by atoms with Crippen LogP contribution in [0, 0.1) is 0 Å². The van der Waals surface area contributed by atoms with E-state index in [0.717, 1.165) is 6.42 Å². The van der Waals surface area contributed by atoms with E-state index in [1.165, 1.54) is 0 Å². The largest absolute Gasteiger partial charge is 0.492 e. The number of aliphatic carboxylic acids is 1. The summed E-state index contributed by atoms with van der Waals surface area (Å²) in [6.45, 7) is 2.74. The van der Waals surface area contributed by atoms with Crippen LogP contribution in [0.1, 0.15) is 19.8 Å². The molecular weight excluding hydrogens is 325 g/mol. The minimum atomic E-state index is -0.840.